The highest BCUT2D eigenvalue weighted by atomic mass is 16.2. The van der Waals surface area contributed by atoms with E-state index in [0.717, 1.165) is 13.0 Å². The normalized spacial score (nSPS) is 15.9. The molecule has 0 aliphatic heterocycles. The summed E-state index contributed by atoms with van der Waals surface area (Å²) < 4.78 is 1.80. The molecule has 20 heavy (non-hydrogen) atoms. The number of nitrogens with two attached hydrogens (primary N) is 1. The number of primary amides is 1. The Hall–Kier alpha value is -2.05. The van der Waals surface area contributed by atoms with E-state index in [1.54, 1.807) is 10.7 Å². The number of urea groups is 1. The van der Waals surface area contributed by atoms with Gasteiger partial charge in [0.15, 0.2) is 5.82 Å². The fourth-order valence-electron chi connectivity index (χ4n) is 1.95. The van der Waals surface area contributed by atoms with Crippen LogP contribution in [-0.4, -0.2) is 27.3 Å². The minimum Gasteiger partial charge on any atom is -0.352 e. The molecule has 1 aromatic heterocycles. The third kappa shape index (κ3) is 3.49. The van der Waals surface area contributed by atoms with Gasteiger partial charge in [0, 0.05) is 18.8 Å². The summed E-state index contributed by atoms with van der Waals surface area (Å²) in [7, 11) is 0. The molecular formula is C13H21N5O2. The molecule has 110 valence electrons. The van der Waals surface area contributed by atoms with Crippen LogP contribution < -0.4 is 16.4 Å². The monoisotopic (exact) mass is 279 g/mol. The molecule has 1 fully saturated rings. The van der Waals surface area contributed by atoms with Crippen LogP contribution in [0, 0.1) is 5.92 Å². The summed E-state index contributed by atoms with van der Waals surface area (Å²) in [6, 6.07) is 1.07. The highest BCUT2D eigenvalue weighted by Crippen LogP contribution is 2.36. The minimum atomic E-state index is -0.840. The van der Waals surface area contributed by atoms with Crippen molar-refractivity contribution in [1.29, 1.82) is 0 Å². The maximum absolute atomic E-state index is 12.1. The van der Waals surface area contributed by atoms with Gasteiger partial charge in [-0.05, 0) is 25.2 Å². The van der Waals surface area contributed by atoms with Crippen LogP contribution in [0.1, 0.15) is 33.1 Å². The number of anilines is 1. The lowest BCUT2D eigenvalue weighted by molar-refractivity contribution is -0.118. The van der Waals surface area contributed by atoms with E-state index in [1.807, 2.05) is 6.20 Å². The average Bonchev–Trinajstić information content (AvgIpc) is 2.99. The third-order valence-electron chi connectivity index (χ3n) is 3.36. The van der Waals surface area contributed by atoms with Gasteiger partial charge < -0.3 is 16.4 Å². The largest absolute Gasteiger partial charge is 0.352 e. The number of amides is 3. The Morgan fingerprint density at radius 2 is 2.20 bits per heavy atom. The van der Waals surface area contributed by atoms with Gasteiger partial charge in [-0.2, -0.15) is 5.10 Å². The lowest BCUT2D eigenvalue weighted by Crippen LogP contribution is -2.48. The molecule has 7 nitrogen and oxygen atoms in total. The summed E-state index contributed by atoms with van der Waals surface area (Å²) in [5.41, 5.74) is 4.23. The molecule has 1 saturated carbocycles. The molecule has 0 radical (unpaired) electrons. The molecule has 0 spiro atoms. The SMILES string of the molecule is CC(C)CCn1ccc(NC(=O)C2(NC(N)=O)CC2)n1. The highest BCUT2D eigenvalue weighted by molar-refractivity contribution is 6.01. The summed E-state index contributed by atoms with van der Waals surface area (Å²) in [6.07, 6.45) is 4.08. The third-order valence-corrected chi connectivity index (χ3v) is 3.36. The number of carbonyl (C=O) groups is 2. The molecule has 0 unspecified atom stereocenters. The molecule has 1 aromatic rings. The van der Waals surface area contributed by atoms with Gasteiger partial charge >= 0.3 is 6.03 Å². The van der Waals surface area contributed by atoms with Gasteiger partial charge in [0.2, 0.25) is 0 Å². The van der Waals surface area contributed by atoms with Crippen LogP contribution in [0.25, 0.3) is 0 Å². The predicted molar refractivity (Wildman–Crippen MR) is 75.0 cm³/mol. The van der Waals surface area contributed by atoms with E-state index in [9.17, 15) is 9.59 Å². The van der Waals surface area contributed by atoms with Gasteiger partial charge in [-0.25, -0.2) is 4.79 Å². The van der Waals surface area contributed by atoms with Gasteiger partial charge in [0.25, 0.3) is 5.91 Å². The highest BCUT2D eigenvalue weighted by Gasteiger charge is 2.51. The van der Waals surface area contributed by atoms with Crippen molar-refractivity contribution in [2.75, 3.05) is 5.32 Å². The molecule has 1 aliphatic carbocycles. The van der Waals surface area contributed by atoms with Crippen LogP contribution in [0.4, 0.5) is 10.6 Å². The number of aryl methyl sites for hydroxylation is 1. The van der Waals surface area contributed by atoms with Crippen molar-refractivity contribution in [2.45, 2.75) is 45.2 Å². The van der Waals surface area contributed by atoms with Gasteiger partial charge in [0.05, 0.1) is 0 Å². The average molecular weight is 279 g/mol. The van der Waals surface area contributed by atoms with Crippen molar-refractivity contribution in [3.05, 3.63) is 12.3 Å². The Bertz CT molecular complexity index is 505. The molecule has 1 heterocycles. The molecule has 0 aromatic carbocycles. The zero-order valence-corrected chi connectivity index (χ0v) is 11.8. The maximum atomic E-state index is 12.1. The van der Waals surface area contributed by atoms with Crippen LogP contribution in [-0.2, 0) is 11.3 Å². The van der Waals surface area contributed by atoms with Gasteiger partial charge in [-0.3, -0.25) is 9.48 Å². The van der Waals surface area contributed by atoms with Crippen molar-refractivity contribution >= 4 is 17.8 Å². The number of aromatic nitrogens is 2. The predicted octanol–water partition coefficient (Wildman–Crippen LogP) is 1.07. The number of rotatable bonds is 6. The summed E-state index contributed by atoms with van der Waals surface area (Å²) in [5, 5.41) is 9.49. The molecule has 2 rings (SSSR count). The molecule has 3 amide bonds. The Balaban J connectivity index is 1.90. The second-order valence-corrected chi connectivity index (χ2v) is 5.67. The summed E-state index contributed by atoms with van der Waals surface area (Å²) in [6.45, 7) is 5.12. The number of nitrogens with zero attached hydrogens (tertiary/aromatic N) is 2. The van der Waals surface area contributed by atoms with Crippen LogP contribution in [0.15, 0.2) is 12.3 Å². The Morgan fingerprint density at radius 3 is 2.75 bits per heavy atom. The Kier molecular flexibility index (Phi) is 3.96. The van der Waals surface area contributed by atoms with Crippen LogP contribution in [0.2, 0.25) is 0 Å². The standard InChI is InChI=1S/C13H21N5O2/c1-9(2)3-7-18-8-4-10(17-18)15-11(19)13(5-6-13)16-12(14)20/h4,8-9H,3,5-7H2,1-2H3,(H3,14,16,20)(H,15,17,19). The first-order chi connectivity index (χ1) is 9.41. The second kappa shape index (κ2) is 5.52. The van der Waals surface area contributed by atoms with Crippen molar-refractivity contribution in [3.8, 4) is 0 Å². The van der Waals surface area contributed by atoms with E-state index in [-0.39, 0.29) is 5.91 Å². The zero-order chi connectivity index (χ0) is 14.8. The van der Waals surface area contributed by atoms with E-state index < -0.39 is 11.6 Å². The van der Waals surface area contributed by atoms with Crippen LogP contribution >= 0.6 is 0 Å². The number of hydrogen-bond acceptors (Lipinski definition) is 3. The number of nitrogens with one attached hydrogen (secondary N) is 2. The lowest BCUT2D eigenvalue weighted by atomic mass is 10.1. The summed E-state index contributed by atoms with van der Waals surface area (Å²) in [5.74, 6) is 0.841. The first-order valence-corrected chi connectivity index (χ1v) is 6.84. The van der Waals surface area contributed by atoms with E-state index in [0.29, 0.717) is 24.6 Å². The van der Waals surface area contributed by atoms with Gasteiger partial charge in [-0.15, -0.1) is 0 Å². The van der Waals surface area contributed by atoms with Crippen molar-refractivity contribution in [1.82, 2.24) is 15.1 Å². The molecule has 4 N–H and O–H groups in total. The molecule has 0 saturated heterocycles. The molecule has 1 aliphatic rings. The first-order valence-electron chi connectivity index (χ1n) is 6.84. The maximum Gasteiger partial charge on any atom is 0.313 e. The van der Waals surface area contributed by atoms with Crippen molar-refractivity contribution in [3.63, 3.8) is 0 Å². The number of carbonyl (C=O) groups excluding carboxylic acids is 2. The van der Waals surface area contributed by atoms with Crippen molar-refractivity contribution in [2.24, 2.45) is 11.7 Å². The molecule has 0 bridgehead atoms. The minimum absolute atomic E-state index is 0.259. The molecular weight excluding hydrogens is 258 g/mol. The van der Waals surface area contributed by atoms with Crippen molar-refractivity contribution < 1.29 is 9.59 Å². The first kappa shape index (κ1) is 14.4. The summed E-state index contributed by atoms with van der Waals surface area (Å²) >= 11 is 0. The molecule has 0 atom stereocenters. The second-order valence-electron chi connectivity index (χ2n) is 5.67. The zero-order valence-electron chi connectivity index (χ0n) is 11.8. The van der Waals surface area contributed by atoms with Gasteiger partial charge in [-0.1, -0.05) is 13.8 Å². The van der Waals surface area contributed by atoms with Crippen LogP contribution in [0.5, 0.6) is 0 Å². The topological polar surface area (TPSA) is 102 Å². The van der Waals surface area contributed by atoms with E-state index in [2.05, 4.69) is 29.6 Å². The smallest absolute Gasteiger partial charge is 0.313 e. The van der Waals surface area contributed by atoms with E-state index in [1.165, 1.54) is 0 Å². The van der Waals surface area contributed by atoms with E-state index in [4.69, 9.17) is 5.73 Å². The Labute approximate surface area is 117 Å². The summed E-state index contributed by atoms with van der Waals surface area (Å²) in [4.78, 5) is 23.0. The lowest BCUT2D eigenvalue weighted by Gasteiger charge is -2.14. The quantitative estimate of drug-likeness (QED) is 0.725. The van der Waals surface area contributed by atoms with E-state index >= 15 is 0 Å². The molecule has 7 heteroatoms. The fraction of sp³-hybridized carbons (Fsp3) is 0.615. The Morgan fingerprint density at radius 1 is 1.50 bits per heavy atom. The van der Waals surface area contributed by atoms with Gasteiger partial charge in [0.1, 0.15) is 5.54 Å². The van der Waals surface area contributed by atoms with Crippen LogP contribution in [0.3, 0.4) is 0 Å². The number of hydrogen-bond donors (Lipinski definition) is 3. The fourth-order valence-corrected chi connectivity index (χ4v) is 1.95.